The van der Waals surface area contributed by atoms with Gasteiger partial charge in [0.2, 0.25) is 0 Å². The first kappa shape index (κ1) is 7.29. The zero-order chi connectivity index (χ0) is 7.68. The molecular weight excluding hydrogens is 138 g/mol. The lowest BCUT2D eigenvalue weighted by atomic mass is 9.79. The van der Waals surface area contributed by atoms with E-state index < -0.39 is 0 Å². The minimum Gasteiger partial charge on any atom is -0.313 e. The molecule has 1 saturated heterocycles. The largest absolute Gasteiger partial charge is 0.313 e. The van der Waals surface area contributed by atoms with Crippen molar-refractivity contribution in [2.24, 2.45) is 5.92 Å². The van der Waals surface area contributed by atoms with Gasteiger partial charge in [0.05, 0.1) is 0 Å². The van der Waals surface area contributed by atoms with Gasteiger partial charge >= 0.3 is 0 Å². The molecule has 0 unspecified atom stereocenters. The van der Waals surface area contributed by atoms with Crippen LogP contribution in [0.25, 0.3) is 0 Å². The van der Waals surface area contributed by atoms with Crippen LogP contribution in [0.5, 0.6) is 0 Å². The van der Waals surface area contributed by atoms with E-state index in [1.165, 1.54) is 19.3 Å². The molecule has 0 spiro atoms. The molecule has 0 radical (unpaired) electrons. The average Bonchev–Trinajstić information content (AvgIpc) is 2.06. The maximum absolute atomic E-state index is 11.4. The van der Waals surface area contributed by atoms with Gasteiger partial charge in [0.25, 0.3) is 0 Å². The molecule has 0 aromatic heterocycles. The molecular formula is C9H15NO. The molecule has 2 rings (SSSR count). The summed E-state index contributed by atoms with van der Waals surface area (Å²) in [7, 11) is 0. The van der Waals surface area contributed by atoms with Crippen LogP contribution in [0.2, 0.25) is 0 Å². The summed E-state index contributed by atoms with van der Waals surface area (Å²) in [6, 6.07) is 0.532. The van der Waals surface area contributed by atoms with E-state index in [1.54, 1.807) is 0 Å². The second-order valence-electron chi connectivity index (χ2n) is 3.67. The number of carbonyl (C=O) groups is 1. The Morgan fingerprint density at radius 2 is 2.09 bits per heavy atom. The fraction of sp³-hybridized carbons (Fsp3) is 0.889. The molecule has 0 bridgehead atoms. The first-order valence-electron chi connectivity index (χ1n) is 4.64. The third-order valence-electron chi connectivity index (χ3n) is 2.96. The molecule has 2 nitrogen and oxygen atoms in total. The number of rotatable bonds is 0. The Morgan fingerprint density at radius 3 is 2.91 bits per heavy atom. The van der Waals surface area contributed by atoms with E-state index in [9.17, 15) is 4.79 Å². The predicted octanol–water partition coefficient (Wildman–Crippen LogP) is 1.11. The quantitative estimate of drug-likeness (QED) is 0.564. The summed E-state index contributed by atoms with van der Waals surface area (Å²) in [6.45, 7) is 0.917. The summed E-state index contributed by atoms with van der Waals surface area (Å²) in [5.41, 5.74) is 0. The van der Waals surface area contributed by atoms with Crippen LogP contribution in [0.1, 0.15) is 32.1 Å². The number of Topliss-reactive ketones (excluding diaryl/α,β-unsaturated/α-hetero) is 1. The molecule has 0 aromatic rings. The molecule has 11 heavy (non-hydrogen) atoms. The molecule has 2 atom stereocenters. The normalized spacial score (nSPS) is 38.4. The van der Waals surface area contributed by atoms with E-state index in [4.69, 9.17) is 0 Å². The standard InChI is InChI=1S/C9H15NO/c11-9-5-6-10-8-4-2-1-3-7(8)9/h7-8,10H,1-6H2/t7-,8+/m1/s1. The molecule has 1 heterocycles. The van der Waals surface area contributed by atoms with Crippen molar-refractivity contribution in [1.29, 1.82) is 0 Å². The molecule has 1 N–H and O–H groups in total. The van der Waals surface area contributed by atoms with Gasteiger partial charge in [0.15, 0.2) is 0 Å². The summed E-state index contributed by atoms with van der Waals surface area (Å²) in [5.74, 6) is 0.881. The smallest absolute Gasteiger partial charge is 0.138 e. The van der Waals surface area contributed by atoms with Gasteiger partial charge in [-0.25, -0.2) is 0 Å². The third-order valence-corrected chi connectivity index (χ3v) is 2.96. The van der Waals surface area contributed by atoms with Crippen LogP contribution in [0, 0.1) is 5.92 Å². The molecule has 2 heteroatoms. The molecule has 2 fully saturated rings. The van der Waals surface area contributed by atoms with Crippen molar-refractivity contribution in [3.63, 3.8) is 0 Å². The van der Waals surface area contributed by atoms with Crippen molar-refractivity contribution in [1.82, 2.24) is 5.32 Å². The van der Waals surface area contributed by atoms with Gasteiger partial charge in [0, 0.05) is 24.9 Å². The minimum atomic E-state index is 0.373. The van der Waals surface area contributed by atoms with E-state index in [-0.39, 0.29) is 0 Å². The van der Waals surface area contributed by atoms with Gasteiger partial charge in [-0.1, -0.05) is 12.8 Å². The Hall–Kier alpha value is -0.370. The summed E-state index contributed by atoms with van der Waals surface area (Å²) in [6.07, 6.45) is 5.68. The van der Waals surface area contributed by atoms with Gasteiger partial charge in [-0.05, 0) is 12.8 Å². The van der Waals surface area contributed by atoms with Gasteiger partial charge in [-0.2, -0.15) is 0 Å². The topological polar surface area (TPSA) is 29.1 Å². The SMILES string of the molecule is O=C1CCN[C@H]2CCCC[C@@H]12. The maximum atomic E-state index is 11.4. The van der Waals surface area contributed by atoms with Crippen LogP contribution in [-0.4, -0.2) is 18.4 Å². The fourth-order valence-electron chi connectivity index (χ4n) is 2.33. The first-order valence-corrected chi connectivity index (χ1v) is 4.64. The number of fused-ring (bicyclic) bond motifs is 1. The zero-order valence-corrected chi connectivity index (χ0v) is 6.81. The van der Waals surface area contributed by atoms with Crippen LogP contribution in [0.15, 0.2) is 0 Å². The van der Waals surface area contributed by atoms with Gasteiger partial charge in [-0.15, -0.1) is 0 Å². The molecule has 0 aromatic carbocycles. The van der Waals surface area contributed by atoms with Crippen LogP contribution < -0.4 is 5.32 Å². The highest BCUT2D eigenvalue weighted by Gasteiger charge is 2.32. The van der Waals surface area contributed by atoms with Crippen LogP contribution in [0.3, 0.4) is 0 Å². The van der Waals surface area contributed by atoms with Crippen molar-refractivity contribution < 1.29 is 4.79 Å². The van der Waals surface area contributed by atoms with Crippen molar-refractivity contribution in [3.05, 3.63) is 0 Å². The second kappa shape index (κ2) is 2.94. The molecule has 1 saturated carbocycles. The van der Waals surface area contributed by atoms with Crippen molar-refractivity contribution in [2.75, 3.05) is 6.54 Å². The molecule has 1 aliphatic heterocycles. The van der Waals surface area contributed by atoms with E-state index in [0.717, 1.165) is 19.4 Å². The Bertz CT molecular complexity index is 165. The molecule has 2 aliphatic rings. The summed E-state index contributed by atoms with van der Waals surface area (Å²) < 4.78 is 0. The summed E-state index contributed by atoms with van der Waals surface area (Å²) in [4.78, 5) is 11.4. The lowest BCUT2D eigenvalue weighted by molar-refractivity contribution is -0.126. The number of nitrogens with one attached hydrogen (secondary N) is 1. The number of carbonyl (C=O) groups excluding carboxylic acids is 1. The molecule has 0 amide bonds. The van der Waals surface area contributed by atoms with Gasteiger partial charge in [0.1, 0.15) is 5.78 Å². The number of hydrogen-bond donors (Lipinski definition) is 1. The lowest BCUT2D eigenvalue weighted by Gasteiger charge is -2.34. The van der Waals surface area contributed by atoms with E-state index >= 15 is 0 Å². The fourth-order valence-corrected chi connectivity index (χ4v) is 2.33. The van der Waals surface area contributed by atoms with Crippen LogP contribution >= 0.6 is 0 Å². The second-order valence-corrected chi connectivity index (χ2v) is 3.67. The lowest BCUT2D eigenvalue weighted by Crippen LogP contribution is -2.47. The van der Waals surface area contributed by atoms with Crippen molar-refractivity contribution in [3.8, 4) is 0 Å². The first-order chi connectivity index (χ1) is 5.38. The maximum Gasteiger partial charge on any atom is 0.138 e. The highest BCUT2D eigenvalue weighted by molar-refractivity contribution is 5.82. The third kappa shape index (κ3) is 1.32. The Kier molecular flexibility index (Phi) is 1.95. The Balaban J connectivity index is 2.05. The highest BCUT2D eigenvalue weighted by atomic mass is 16.1. The molecule has 62 valence electrons. The van der Waals surface area contributed by atoms with Gasteiger partial charge in [-0.3, -0.25) is 4.79 Å². The monoisotopic (exact) mass is 153 g/mol. The predicted molar refractivity (Wildman–Crippen MR) is 43.4 cm³/mol. The molecule has 1 aliphatic carbocycles. The van der Waals surface area contributed by atoms with Crippen LogP contribution in [0.4, 0.5) is 0 Å². The van der Waals surface area contributed by atoms with Gasteiger partial charge < -0.3 is 5.32 Å². The van der Waals surface area contributed by atoms with Crippen molar-refractivity contribution in [2.45, 2.75) is 38.1 Å². The number of hydrogen-bond acceptors (Lipinski definition) is 2. The van der Waals surface area contributed by atoms with Crippen molar-refractivity contribution >= 4 is 5.78 Å². The van der Waals surface area contributed by atoms with Crippen LogP contribution in [-0.2, 0) is 4.79 Å². The highest BCUT2D eigenvalue weighted by Crippen LogP contribution is 2.27. The Labute approximate surface area is 67.4 Å². The van der Waals surface area contributed by atoms with E-state index in [0.29, 0.717) is 17.7 Å². The van der Waals surface area contributed by atoms with E-state index in [2.05, 4.69) is 5.32 Å². The average molecular weight is 153 g/mol. The minimum absolute atomic E-state index is 0.373. The summed E-state index contributed by atoms with van der Waals surface area (Å²) in [5, 5.41) is 3.43. The Morgan fingerprint density at radius 1 is 1.27 bits per heavy atom. The zero-order valence-electron chi connectivity index (χ0n) is 6.81. The number of piperidine rings is 1. The van der Waals surface area contributed by atoms with E-state index in [1.807, 2.05) is 0 Å². The summed E-state index contributed by atoms with van der Waals surface area (Å²) >= 11 is 0. The number of ketones is 1.